The summed E-state index contributed by atoms with van der Waals surface area (Å²) in [5.41, 5.74) is 0.980. The van der Waals surface area contributed by atoms with Crippen LogP contribution in [0.5, 0.6) is 5.75 Å². The van der Waals surface area contributed by atoms with Gasteiger partial charge in [-0.3, -0.25) is 9.59 Å². The molecule has 1 aliphatic rings. The van der Waals surface area contributed by atoms with Crippen LogP contribution in [0.15, 0.2) is 60.9 Å². The van der Waals surface area contributed by atoms with Crippen LogP contribution in [0.2, 0.25) is 0 Å². The second kappa shape index (κ2) is 9.42. The number of aromatic nitrogens is 2. The minimum atomic E-state index is -0.411. The van der Waals surface area contributed by atoms with Crippen LogP contribution in [-0.2, 0) is 0 Å². The quantitative estimate of drug-likeness (QED) is 0.663. The molecule has 2 heterocycles. The van der Waals surface area contributed by atoms with Gasteiger partial charge in [-0.1, -0.05) is 12.1 Å². The summed E-state index contributed by atoms with van der Waals surface area (Å²) >= 11 is 0. The van der Waals surface area contributed by atoms with Crippen molar-refractivity contribution in [3.05, 3.63) is 78.0 Å². The maximum absolute atomic E-state index is 14.1. The van der Waals surface area contributed by atoms with Crippen LogP contribution >= 0.6 is 0 Å². The summed E-state index contributed by atoms with van der Waals surface area (Å²) in [6.07, 6.45) is 2.82. The Bertz CT molecular complexity index is 1110. The fraction of sp³-hybridized carbons (Fsp3) is 0.217. The smallest absolute Gasteiger partial charge is 0.276 e. The van der Waals surface area contributed by atoms with Gasteiger partial charge < -0.3 is 19.9 Å². The summed E-state index contributed by atoms with van der Waals surface area (Å²) < 4.78 is 19.2. The third-order valence-electron chi connectivity index (χ3n) is 5.24. The molecule has 0 radical (unpaired) electrons. The number of hydrogen-bond donors (Lipinski definition) is 1. The molecule has 0 bridgehead atoms. The number of halogens is 1. The summed E-state index contributed by atoms with van der Waals surface area (Å²) in [7, 11) is 1.54. The molecule has 0 aliphatic carbocycles. The molecule has 1 N–H and O–H groups in total. The van der Waals surface area contributed by atoms with E-state index in [0.717, 1.165) is 0 Å². The molecule has 1 aliphatic heterocycles. The van der Waals surface area contributed by atoms with Gasteiger partial charge in [-0.2, -0.15) is 0 Å². The second-order valence-corrected chi connectivity index (χ2v) is 7.17. The van der Waals surface area contributed by atoms with Gasteiger partial charge >= 0.3 is 0 Å². The average molecular weight is 435 g/mol. The van der Waals surface area contributed by atoms with Crippen LogP contribution in [0.3, 0.4) is 0 Å². The molecule has 2 aromatic carbocycles. The molecule has 1 fully saturated rings. The van der Waals surface area contributed by atoms with E-state index in [2.05, 4.69) is 15.3 Å². The molecule has 164 valence electrons. The van der Waals surface area contributed by atoms with Crippen LogP contribution in [0.4, 0.5) is 15.9 Å². The molecular formula is C23H22FN5O3. The molecule has 1 saturated heterocycles. The Morgan fingerprint density at radius 3 is 2.34 bits per heavy atom. The van der Waals surface area contributed by atoms with E-state index >= 15 is 0 Å². The van der Waals surface area contributed by atoms with E-state index in [-0.39, 0.29) is 23.2 Å². The highest BCUT2D eigenvalue weighted by molar-refractivity contribution is 6.07. The van der Waals surface area contributed by atoms with Gasteiger partial charge in [0.1, 0.15) is 11.6 Å². The monoisotopic (exact) mass is 435 g/mol. The fourth-order valence-corrected chi connectivity index (χ4v) is 3.52. The number of anilines is 2. The lowest BCUT2D eigenvalue weighted by Gasteiger charge is -2.36. The van der Waals surface area contributed by atoms with Gasteiger partial charge in [0.25, 0.3) is 11.8 Å². The van der Waals surface area contributed by atoms with E-state index in [4.69, 9.17) is 4.74 Å². The highest BCUT2D eigenvalue weighted by atomic mass is 19.1. The maximum Gasteiger partial charge on any atom is 0.276 e. The predicted octanol–water partition coefficient (Wildman–Crippen LogP) is 2.84. The van der Waals surface area contributed by atoms with Crippen molar-refractivity contribution in [2.75, 3.05) is 43.5 Å². The van der Waals surface area contributed by atoms with Crippen LogP contribution in [0.25, 0.3) is 0 Å². The molecule has 0 unspecified atom stereocenters. The number of hydrogen-bond acceptors (Lipinski definition) is 6. The Kier molecular flexibility index (Phi) is 6.25. The standard InChI is InChI=1S/C23H22FN5O3/c1-32-17-8-6-16(7-9-17)22(30)27-21-20(25-10-11-26-21)23(31)29-14-12-28(13-15-29)19-5-3-2-4-18(19)24/h2-11H,12-15H2,1H3,(H,26,27,30). The van der Waals surface area contributed by atoms with E-state index in [0.29, 0.717) is 43.2 Å². The average Bonchev–Trinajstić information content (AvgIpc) is 2.84. The number of para-hydroxylation sites is 1. The lowest BCUT2D eigenvalue weighted by molar-refractivity contribution is 0.0741. The largest absolute Gasteiger partial charge is 0.497 e. The number of amides is 2. The molecule has 3 aromatic rings. The molecular weight excluding hydrogens is 413 g/mol. The van der Waals surface area contributed by atoms with E-state index in [9.17, 15) is 14.0 Å². The zero-order valence-electron chi connectivity index (χ0n) is 17.5. The van der Waals surface area contributed by atoms with Crippen molar-refractivity contribution < 1.29 is 18.7 Å². The molecule has 0 spiro atoms. The highest BCUT2D eigenvalue weighted by Gasteiger charge is 2.27. The van der Waals surface area contributed by atoms with Gasteiger partial charge in [-0.25, -0.2) is 14.4 Å². The number of carbonyl (C=O) groups excluding carboxylic acids is 2. The van der Waals surface area contributed by atoms with E-state index in [1.165, 1.54) is 18.5 Å². The molecule has 2 amide bonds. The summed E-state index contributed by atoms with van der Waals surface area (Å²) in [6, 6.07) is 13.2. The van der Waals surface area contributed by atoms with Crippen molar-refractivity contribution in [2.45, 2.75) is 0 Å². The summed E-state index contributed by atoms with van der Waals surface area (Å²) in [4.78, 5) is 37.5. The number of carbonyl (C=O) groups is 2. The second-order valence-electron chi connectivity index (χ2n) is 7.17. The first-order valence-corrected chi connectivity index (χ1v) is 10.1. The van der Waals surface area contributed by atoms with Gasteiger partial charge in [-0.05, 0) is 36.4 Å². The number of ether oxygens (including phenoxy) is 1. The molecule has 0 saturated carbocycles. The first-order chi connectivity index (χ1) is 15.6. The van der Waals surface area contributed by atoms with E-state index in [1.807, 2.05) is 4.90 Å². The lowest BCUT2D eigenvalue weighted by atomic mass is 10.2. The highest BCUT2D eigenvalue weighted by Crippen LogP contribution is 2.21. The Labute approximate surface area is 184 Å². The maximum atomic E-state index is 14.1. The van der Waals surface area contributed by atoms with Gasteiger partial charge in [0.05, 0.1) is 12.8 Å². The van der Waals surface area contributed by atoms with Crippen molar-refractivity contribution in [3.63, 3.8) is 0 Å². The number of nitrogens with one attached hydrogen (secondary N) is 1. The van der Waals surface area contributed by atoms with Crippen LogP contribution in [0, 0.1) is 5.82 Å². The molecule has 8 nitrogen and oxygen atoms in total. The molecule has 4 rings (SSSR count). The molecule has 9 heteroatoms. The van der Waals surface area contributed by atoms with Crippen LogP contribution in [-0.4, -0.2) is 60.0 Å². The van der Waals surface area contributed by atoms with Crippen molar-refractivity contribution in [1.29, 1.82) is 0 Å². The number of methoxy groups -OCH3 is 1. The minimum absolute atomic E-state index is 0.0636. The third kappa shape index (κ3) is 4.51. The normalized spacial score (nSPS) is 13.6. The minimum Gasteiger partial charge on any atom is -0.497 e. The van der Waals surface area contributed by atoms with Crippen LogP contribution < -0.4 is 15.0 Å². The van der Waals surface area contributed by atoms with E-state index in [1.54, 1.807) is 54.5 Å². The van der Waals surface area contributed by atoms with Crippen molar-refractivity contribution in [1.82, 2.24) is 14.9 Å². The first-order valence-electron chi connectivity index (χ1n) is 10.1. The number of nitrogens with zero attached hydrogens (tertiary/aromatic N) is 4. The number of piperazine rings is 1. The SMILES string of the molecule is COc1ccc(C(=O)Nc2nccnc2C(=O)N2CCN(c3ccccc3F)CC2)cc1. The molecule has 32 heavy (non-hydrogen) atoms. The van der Waals surface area contributed by atoms with Crippen molar-refractivity contribution in [3.8, 4) is 5.75 Å². The van der Waals surface area contributed by atoms with E-state index < -0.39 is 5.91 Å². The number of rotatable bonds is 5. The van der Waals surface area contributed by atoms with Gasteiger partial charge in [-0.15, -0.1) is 0 Å². The predicted molar refractivity (Wildman–Crippen MR) is 117 cm³/mol. The third-order valence-corrected chi connectivity index (χ3v) is 5.24. The lowest BCUT2D eigenvalue weighted by Crippen LogP contribution is -2.49. The van der Waals surface area contributed by atoms with Crippen molar-refractivity contribution >= 4 is 23.3 Å². The summed E-state index contributed by atoms with van der Waals surface area (Å²) in [6.45, 7) is 1.77. The molecule has 0 atom stereocenters. The number of benzene rings is 2. The topological polar surface area (TPSA) is 87.7 Å². The Morgan fingerprint density at radius 1 is 0.969 bits per heavy atom. The summed E-state index contributed by atoms with van der Waals surface area (Å²) in [5.74, 6) is -0.311. The van der Waals surface area contributed by atoms with Crippen molar-refractivity contribution in [2.24, 2.45) is 0 Å². The Morgan fingerprint density at radius 2 is 1.66 bits per heavy atom. The zero-order valence-corrected chi connectivity index (χ0v) is 17.5. The Hall–Kier alpha value is -4.01. The summed E-state index contributed by atoms with van der Waals surface area (Å²) in [5, 5.41) is 2.67. The van der Waals surface area contributed by atoms with Crippen LogP contribution in [0.1, 0.15) is 20.8 Å². The van der Waals surface area contributed by atoms with Gasteiger partial charge in [0, 0.05) is 44.1 Å². The Balaban J connectivity index is 1.44. The fourth-order valence-electron chi connectivity index (χ4n) is 3.52. The van der Waals surface area contributed by atoms with Gasteiger partial charge in [0.15, 0.2) is 11.5 Å². The first kappa shape index (κ1) is 21.2. The van der Waals surface area contributed by atoms with Gasteiger partial charge in [0.2, 0.25) is 0 Å². The zero-order chi connectivity index (χ0) is 22.5. The molecule has 1 aromatic heterocycles.